The molecule has 0 saturated heterocycles. The van der Waals surface area contributed by atoms with E-state index >= 15 is 0 Å². The largest absolute Gasteiger partial charge is 2.00 e. The second kappa shape index (κ2) is 15.4. The Morgan fingerprint density at radius 1 is 0.500 bits per heavy atom. The molecule has 0 aromatic carbocycles. The van der Waals surface area contributed by atoms with Gasteiger partial charge in [-0.05, 0) is 24.3 Å². The van der Waals surface area contributed by atoms with E-state index in [0.29, 0.717) is 24.3 Å². The fourth-order valence-corrected chi connectivity index (χ4v) is 0.272. The van der Waals surface area contributed by atoms with Gasteiger partial charge < -0.3 is 39.6 Å². The van der Waals surface area contributed by atoms with Crippen LogP contribution in [0.2, 0.25) is 0 Å². The fraction of sp³-hybridized carbons (Fsp3) is 0. The average Bonchev–Trinajstić information content (AvgIpc) is 2.12. The third-order valence-corrected chi connectivity index (χ3v) is 0.711. The van der Waals surface area contributed by atoms with E-state index in [2.05, 4.69) is 0 Å². The van der Waals surface area contributed by atoms with E-state index in [1.165, 1.54) is 0 Å². The van der Waals surface area contributed by atoms with Crippen LogP contribution in [0, 0.1) is 0 Å². The zero-order valence-electron chi connectivity index (χ0n) is 8.18. The van der Waals surface area contributed by atoms with Gasteiger partial charge in [0.2, 0.25) is 0 Å². The number of carbonyl (C=O) groups is 4. The summed E-state index contributed by atoms with van der Waals surface area (Å²) in [6.45, 7) is 0. The molecule has 0 aliphatic rings. The smallest absolute Gasteiger partial charge is 0.545 e. The number of hydrogen-bond acceptors (Lipinski definition) is 8. The molecule has 106 valence electrons. The minimum absolute atomic E-state index is 0. The van der Waals surface area contributed by atoms with Gasteiger partial charge in [0.25, 0.3) is 0 Å². The Balaban J connectivity index is -0.0000000980. The fourth-order valence-electron chi connectivity index (χ4n) is 0.272. The van der Waals surface area contributed by atoms with Crippen LogP contribution in [-0.4, -0.2) is 23.9 Å². The predicted molar refractivity (Wildman–Crippen MR) is 38.3 cm³/mol. The Labute approximate surface area is 122 Å². The summed E-state index contributed by atoms with van der Waals surface area (Å²) in [5, 5.41) is 37.7. The zero-order chi connectivity index (χ0) is 13.1. The Kier molecular flexibility index (Phi) is 21.6. The van der Waals surface area contributed by atoms with E-state index < -0.39 is 23.9 Å². The maximum Gasteiger partial charge on any atom is 2.00 e. The van der Waals surface area contributed by atoms with Crippen molar-refractivity contribution in [3.63, 3.8) is 0 Å². The van der Waals surface area contributed by atoms with Crippen LogP contribution in [0.3, 0.4) is 0 Å². The van der Waals surface area contributed by atoms with Gasteiger partial charge >= 0.3 is 34.1 Å². The quantitative estimate of drug-likeness (QED) is 0.356. The van der Waals surface area contributed by atoms with Crippen molar-refractivity contribution in [2.75, 3.05) is 0 Å². The molecule has 0 aliphatic heterocycles. The first kappa shape index (κ1) is 25.3. The standard InChI is InChI=1S/2C4H4O4.2Cu/c2*5-3(6)1-2-4(7)8;;/h2*1-2H,(H,5,6)(H,7,8);;/q;;2*+2/p-4. The molecule has 0 atom stereocenters. The number of carboxylic acid groups (broad SMARTS) is 4. The van der Waals surface area contributed by atoms with Gasteiger partial charge in [-0.15, -0.1) is 0 Å². The van der Waals surface area contributed by atoms with Crippen LogP contribution in [0.25, 0.3) is 0 Å². The van der Waals surface area contributed by atoms with E-state index in [4.69, 9.17) is 0 Å². The molecule has 0 fully saturated rings. The Morgan fingerprint density at radius 2 is 0.611 bits per heavy atom. The van der Waals surface area contributed by atoms with Crippen molar-refractivity contribution in [1.29, 1.82) is 0 Å². The summed E-state index contributed by atoms with van der Waals surface area (Å²) in [4.78, 5) is 37.7. The molecule has 0 aliphatic carbocycles. The molecule has 2 radical (unpaired) electrons. The minimum Gasteiger partial charge on any atom is -0.545 e. The molecule has 0 unspecified atom stereocenters. The molecular weight excluding hydrogens is 351 g/mol. The van der Waals surface area contributed by atoms with Crippen LogP contribution in [0.15, 0.2) is 24.3 Å². The first-order chi connectivity index (χ1) is 7.25. The summed E-state index contributed by atoms with van der Waals surface area (Å²) in [7, 11) is 0. The van der Waals surface area contributed by atoms with Crippen LogP contribution in [0.5, 0.6) is 0 Å². The summed E-state index contributed by atoms with van der Waals surface area (Å²) < 4.78 is 0. The molecule has 0 bridgehead atoms. The zero-order valence-corrected chi connectivity index (χ0v) is 10.1. The monoisotopic (exact) mass is 354 g/mol. The van der Waals surface area contributed by atoms with E-state index in [1.807, 2.05) is 0 Å². The molecule has 0 aromatic heterocycles. The van der Waals surface area contributed by atoms with Crippen molar-refractivity contribution < 1.29 is 73.7 Å². The number of rotatable bonds is 4. The van der Waals surface area contributed by atoms with Crippen LogP contribution in [0.4, 0.5) is 0 Å². The second-order valence-corrected chi connectivity index (χ2v) is 1.94. The van der Waals surface area contributed by atoms with Crippen LogP contribution in [0.1, 0.15) is 0 Å². The number of carbonyl (C=O) groups excluding carboxylic acids is 4. The first-order valence-corrected chi connectivity index (χ1v) is 3.45. The molecule has 0 rings (SSSR count). The van der Waals surface area contributed by atoms with Gasteiger partial charge in [0, 0.05) is 0 Å². The Bertz CT molecular complexity index is 281. The third kappa shape index (κ3) is 36.6. The molecule has 18 heavy (non-hydrogen) atoms. The Hall–Kier alpha value is -1.60. The molecule has 8 nitrogen and oxygen atoms in total. The summed E-state index contributed by atoms with van der Waals surface area (Å²) in [6, 6.07) is 0. The van der Waals surface area contributed by atoms with E-state index in [9.17, 15) is 39.6 Å². The van der Waals surface area contributed by atoms with Gasteiger partial charge in [0.05, 0.1) is 23.9 Å². The molecular formula is C8H4Cu2O8. The van der Waals surface area contributed by atoms with Gasteiger partial charge in [0.1, 0.15) is 0 Å². The van der Waals surface area contributed by atoms with Crippen LogP contribution >= 0.6 is 0 Å². The Morgan fingerprint density at radius 3 is 0.667 bits per heavy atom. The maximum absolute atomic E-state index is 9.41. The molecule has 10 heteroatoms. The molecule has 0 amide bonds. The topological polar surface area (TPSA) is 161 Å². The molecule has 0 spiro atoms. The SMILES string of the molecule is O=C([O-])C=CC(=O)[O-].O=C([O-])C=CC(=O)[O-].[Cu+2].[Cu+2]. The summed E-state index contributed by atoms with van der Waals surface area (Å²) in [6.07, 6.45) is 1.54. The summed E-state index contributed by atoms with van der Waals surface area (Å²) >= 11 is 0. The minimum atomic E-state index is -1.55. The van der Waals surface area contributed by atoms with E-state index in [0.717, 1.165) is 0 Å². The van der Waals surface area contributed by atoms with Crippen molar-refractivity contribution in [3.05, 3.63) is 24.3 Å². The van der Waals surface area contributed by atoms with Crippen molar-refractivity contribution in [2.24, 2.45) is 0 Å². The first-order valence-electron chi connectivity index (χ1n) is 3.45. The predicted octanol–water partition coefficient (Wildman–Crippen LogP) is -5.92. The molecule has 0 N–H and O–H groups in total. The second-order valence-electron chi connectivity index (χ2n) is 1.94. The van der Waals surface area contributed by atoms with Crippen molar-refractivity contribution in [2.45, 2.75) is 0 Å². The normalized spacial score (nSPS) is 8.44. The van der Waals surface area contributed by atoms with Gasteiger partial charge in [0.15, 0.2) is 0 Å². The van der Waals surface area contributed by atoms with Gasteiger partial charge in [-0.3, -0.25) is 0 Å². The van der Waals surface area contributed by atoms with Crippen molar-refractivity contribution >= 4 is 23.9 Å². The molecule has 0 saturated carbocycles. The maximum atomic E-state index is 9.41. The van der Waals surface area contributed by atoms with Crippen LogP contribution < -0.4 is 20.4 Å². The summed E-state index contributed by atoms with van der Waals surface area (Å²) in [5.74, 6) is -6.19. The molecule has 0 heterocycles. The third-order valence-electron chi connectivity index (χ3n) is 0.711. The van der Waals surface area contributed by atoms with Crippen LogP contribution in [-0.2, 0) is 53.3 Å². The molecule has 0 aromatic rings. The van der Waals surface area contributed by atoms with Crippen molar-refractivity contribution in [3.8, 4) is 0 Å². The number of carboxylic acids is 4. The average molecular weight is 355 g/mol. The number of hydrogen-bond donors (Lipinski definition) is 0. The number of aliphatic carboxylic acids is 4. The summed E-state index contributed by atoms with van der Waals surface area (Å²) in [5.41, 5.74) is 0. The van der Waals surface area contributed by atoms with Gasteiger partial charge in [-0.2, -0.15) is 0 Å². The van der Waals surface area contributed by atoms with E-state index in [-0.39, 0.29) is 34.1 Å². The van der Waals surface area contributed by atoms with Gasteiger partial charge in [-0.25, -0.2) is 0 Å². The van der Waals surface area contributed by atoms with E-state index in [1.54, 1.807) is 0 Å². The van der Waals surface area contributed by atoms with Crippen molar-refractivity contribution in [1.82, 2.24) is 0 Å². The van der Waals surface area contributed by atoms with Gasteiger partial charge in [-0.1, -0.05) is 0 Å².